The monoisotopic (exact) mass is 366 g/mol. The molecule has 3 heterocycles. The lowest BCUT2D eigenvalue weighted by Crippen LogP contribution is -2.52. The molecule has 0 aliphatic carbocycles. The zero-order valence-corrected chi connectivity index (χ0v) is 15.8. The van der Waals surface area contributed by atoms with E-state index in [2.05, 4.69) is 28.8 Å². The molecule has 2 aliphatic rings. The molecule has 0 unspecified atom stereocenters. The Kier molecular flexibility index (Phi) is 5.81. The SMILES string of the molecule is C[C@@H](C1CCN(C(=O)c2c[nH]c(=O)c(Cl)c2)CC1)N1CCN(C)CC1. The number of nitrogens with one attached hydrogen (secondary N) is 1. The third-order valence-electron chi connectivity index (χ3n) is 5.73. The van der Waals surface area contributed by atoms with Gasteiger partial charge in [0.1, 0.15) is 5.02 Å². The van der Waals surface area contributed by atoms with Gasteiger partial charge in [0.2, 0.25) is 0 Å². The fraction of sp³-hybridized carbons (Fsp3) is 0.667. The lowest BCUT2D eigenvalue weighted by Gasteiger charge is -2.42. The predicted octanol–water partition coefficient (Wildman–Crippen LogP) is 1.52. The summed E-state index contributed by atoms with van der Waals surface area (Å²) in [6.45, 7) is 8.38. The highest BCUT2D eigenvalue weighted by Crippen LogP contribution is 2.25. The summed E-state index contributed by atoms with van der Waals surface area (Å²) in [4.78, 5) is 33.3. The normalized spacial score (nSPS) is 22.1. The minimum Gasteiger partial charge on any atom is -0.339 e. The lowest BCUT2D eigenvalue weighted by molar-refractivity contribution is 0.0500. The van der Waals surface area contributed by atoms with Crippen LogP contribution in [0.25, 0.3) is 0 Å². The number of likely N-dealkylation sites (N-methyl/N-ethyl adjacent to an activating group) is 1. The Morgan fingerprint density at radius 1 is 1.20 bits per heavy atom. The average Bonchev–Trinajstić information content (AvgIpc) is 2.63. The number of likely N-dealkylation sites (tertiary alicyclic amines) is 1. The van der Waals surface area contributed by atoms with Crippen LogP contribution in [-0.4, -0.2) is 77.9 Å². The molecule has 0 aromatic carbocycles. The standard InChI is InChI=1S/C18H27ClN4O2/c1-13(22-9-7-21(2)8-10-22)14-3-5-23(6-4-14)18(25)15-11-16(19)17(24)20-12-15/h11-14H,3-10H2,1-2H3,(H,20,24)/t13-/m0/s1. The second-order valence-corrected chi connectivity index (χ2v) is 7.68. The molecule has 1 amide bonds. The third kappa shape index (κ3) is 4.25. The van der Waals surface area contributed by atoms with Crippen LogP contribution in [0.1, 0.15) is 30.1 Å². The number of aromatic amines is 1. The molecule has 2 saturated heterocycles. The molecule has 1 aromatic rings. The van der Waals surface area contributed by atoms with Gasteiger partial charge in [-0.05, 0) is 38.8 Å². The van der Waals surface area contributed by atoms with Crippen LogP contribution in [0.4, 0.5) is 0 Å². The number of hydrogen-bond acceptors (Lipinski definition) is 4. The van der Waals surface area contributed by atoms with E-state index < -0.39 is 0 Å². The van der Waals surface area contributed by atoms with E-state index in [1.807, 2.05) is 4.90 Å². The molecular formula is C18H27ClN4O2. The molecular weight excluding hydrogens is 340 g/mol. The van der Waals surface area contributed by atoms with Gasteiger partial charge in [0.05, 0.1) is 5.56 Å². The first kappa shape index (κ1) is 18.4. The Morgan fingerprint density at radius 3 is 2.44 bits per heavy atom. The maximum Gasteiger partial charge on any atom is 0.266 e. The Hall–Kier alpha value is -1.37. The van der Waals surface area contributed by atoms with Crippen LogP contribution in [0, 0.1) is 5.92 Å². The number of piperidine rings is 1. The van der Waals surface area contributed by atoms with Crippen LogP contribution in [0.2, 0.25) is 5.02 Å². The fourth-order valence-corrected chi connectivity index (χ4v) is 4.05. The number of pyridine rings is 1. The summed E-state index contributed by atoms with van der Waals surface area (Å²) < 4.78 is 0. The summed E-state index contributed by atoms with van der Waals surface area (Å²) >= 11 is 5.83. The van der Waals surface area contributed by atoms with Crippen LogP contribution in [0.5, 0.6) is 0 Å². The maximum atomic E-state index is 12.6. The molecule has 7 heteroatoms. The number of H-pyrrole nitrogens is 1. The summed E-state index contributed by atoms with van der Waals surface area (Å²) in [5, 5.41) is 0.0597. The Labute approximate surface area is 153 Å². The van der Waals surface area contributed by atoms with Gasteiger partial charge in [-0.3, -0.25) is 14.5 Å². The van der Waals surface area contributed by atoms with Crippen LogP contribution >= 0.6 is 11.6 Å². The number of carbonyl (C=O) groups is 1. The molecule has 0 saturated carbocycles. The van der Waals surface area contributed by atoms with Crippen molar-refractivity contribution in [1.29, 1.82) is 0 Å². The first-order valence-electron chi connectivity index (χ1n) is 9.06. The first-order chi connectivity index (χ1) is 12.0. The van der Waals surface area contributed by atoms with E-state index in [-0.39, 0.29) is 16.5 Å². The average molecular weight is 367 g/mol. The van der Waals surface area contributed by atoms with Crippen LogP contribution in [-0.2, 0) is 0 Å². The highest BCUT2D eigenvalue weighted by atomic mass is 35.5. The Balaban J connectivity index is 1.55. The molecule has 1 aromatic heterocycles. The van der Waals surface area contributed by atoms with E-state index >= 15 is 0 Å². The summed E-state index contributed by atoms with van der Waals surface area (Å²) in [6, 6.07) is 2.02. The topological polar surface area (TPSA) is 59.7 Å². The molecule has 0 bridgehead atoms. The van der Waals surface area contributed by atoms with E-state index in [0.717, 1.165) is 52.1 Å². The first-order valence-corrected chi connectivity index (χ1v) is 9.43. The zero-order chi connectivity index (χ0) is 18.0. The molecule has 2 aliphatic heterocycles. The summed E-state index contributed by atoms with van der Waals surface area (Å²) in [5.74, 6) is 0.579. The van der Waals surface area contributed by atoms with Crippen molar-refractivity contribution < 1.29 is 4.79 Å². The smallest absolute Gasteiger partial charge is 0.266 e. The van der Waals surface area contributed by atoms with Gasteiger partial charge in [-0.2, -0.15) is 0 Å². The quantitative estimate of drug-likeness (QED) is 0.881. The van der Waals surface area contributed by atoms with Crippen molar-refractivity contribution >= 4 is 17.5 Å². The number of rotatable bonds is 3. The third-order valence-corrected chi connectivity index (χ3v) is 6.01. The number of carbonyl (C=O) groups excluding carboxylic acids is 1. The minimum atomic E-state index is -0.363. The van der Waals surface area contributed by atoms with E-state index in [4.69, 9.17) is 11.6 Å². The fourth-order valence-electron chi connectivity index (χ4n) is 3.87. The molecule has 3 rings (SSSR count). The lowest BCUT2D eigenvalue weighted by atomic mass is 9.89. The number of aromatic nitrogens is 1. The van der Waals surface area contributed by atoms with Gasteiger partial charge >= 0.3 is 0 Å². The van der Waals surface area contributed by atoms with Crippen molar-refractivity contribution in [1.82, 2.24) is 19.7 Å². The van der Waals surface area contributed by atoms with Gasteiger partial charge in [0.15, 0.2) is 0 Å². The van der Waals surface area contributed by atoms with Gasteiger partial charge in [-0.15, -0.1) is 0 Å². The Morgan fingerprint density at radius 2 is 1.84 bits per heavy atom. The van der Waals surface area contributed by atoms with Gasteiger partial charge in [-0.1, -0.05) is 11.6 Å². The van der Waals surface area contributed by atoms with Gasteiger partial charge in [-0.25, -0.2) is 0 Å². The second kappa shape index (κ2) is 7.89. The summed E-state index contributed by atoms with van der Waals surface area (Å²) in [7, 11) is 2.18. The highest BCUT2D eigenvalue weighted by Gasteiger charge is 2.30. The highest BCUT2D eigenvalue weighted by molar-refractivity contribution is 6.30. The number of hydrogen-bond donors (Lipinski definition) is 1. The van der Waals surface area contributed by atoms with Gasteiger partial charge in [0.25, 0.3) is 11.5 Å². The number of piperazine rings is 1. The van der Waals surface area contributed by atoms with Crippen molar-refractivity contribution in [3.05, 3.63) is 33.2 Å². The molecule has 2 fully saturated rings. The molecule has 138 valence electrons. The van der Waals surface area contributed by atoms with Crippen molar-refractivity contribution in [3.63, 3.8) is 0 Å². The largest absolute Gasteiger partial charge is 0.339 e. The van der Waals surface area contributed by atoms with Crippen molar-refractivity contribution in [3.8, 4) is 0 Å². The van der Waals surface area contributed by atoms with E-state index in [1.54, 1.807) is 0 Å². The predicted molar refractivity (Wildman–Crippen MR) is 99.2 cm³/mol. The van der Waals surface area contributed by atoms with Gasteiger partial charge in [0, 0.05) is 51.5 Å². The zero-order valence-electron chi connectivity index (χ0n) is 15.0. The molecule has 0 radical (unpaired) electrons. The number of halogens is 1. The van der Waals surface area contributed by atoms with Crippen LogP contribution < -0.4 is 5.56 Å². The number of nitrogens with zero attached hydrogens (tertiary/aromatic N) is 3. The van der Waals surface area contributed by atoms with E-state index in [1.165, 1.54) is 12.3 Å². The Bertz CT molecular complexity index is 661. The summed E-state index contributed by atoms with van der Waals surface area (Å²) in [6.07, 6.45) is 3.50. The van der Waals surface area contributed by atoms with Crippen molar-refractivity contribution in [2.45, 2.75) is 25.8 Å². The van der Waals surface area contributed by atoms with Crippen molar-refractivity contribution in [2.75, 3.05) is 46.3 Å². The van der Waals surface area contributed by atoms with Crippen LogP contribution in [0.3, 0.4) is 0 Å². The molecule has 1 atom stereocenters. The number of amides is 1. The van der Waals surface area contributed by atoms with Crippen molar-refractivity contribution in [2.24, 2.45) is 5.92 Å². The summed E-state index contributed by atoms with van der Waals surface area (Å²) in [5.41, 5.74) is 0.0908. The molecule has 0 spiro atoms. The molecule has 6 nitrogen and oxygen atoms in total. The minimum absolute atomic E-state index is 0.0520. The van der Waals surface area contributed by atoms with E-state index in [0.29, 0.717) is 17.5 Å². The van der Waals surface area contributed by atoms with Crippen LogP contribution in [0.15, 0.2) is 17.1 Å². The maximum absolute atomic E-state index is 12.6. The van der Waals surface area contributed by atoms with E-state index in [9.17, 15) is 9.59 Å². The van der Waals surface area contributed by atoms with Gasteiger partial charge < -0.3 is 14.8 Å². The molecule has 25 heavy (non-hydrogen) atoms. The second-order valence-electron chi connectivity index (χ2n) is 7.27. The molecule has 1 N–H and O–H groups in total.